The van der Waals surface area contributed by atoms with Crippen LogP contribution in [0.1, 0.15) is 6.23 Å². The van der Waals surface area contributed by atoms with Gasteiger partial charge in [0.1, 0.15) is 18.3 Å². The van der Waals surface area contributed by atoms with E-state index in [9.17, 15) is 28.9 Å². The average Bonchev–Trinajstić information content (AvgIpc) is 2.71. The van der Waals surface area contributed by atoms with Gasteiger partial charge in [-0.25, -0.2) is 13.9 Å². The second-order valence-corrected chi connectivity index (χ2v) is 7.73. The summed E-state index contributed by atoms with van der Waals surface area (Å²) in [6.45, 7) is -0.902. The minimum absolute atomic E-state index is 0. The summed E-state index contributed by atoms with van der Waals surface area (Å²) in [5, 5.41) is 19.8. The molecule has 1 aliphatic heterocycles. The number of H-pyrrole nitrogens is 1. The molecule has 5 atom stereocenters. The van der Waals surface area contributed by atoms with Crippen molar-refractivity contribution < 1.29 is 47.6 Å². The number of aromatic amines is 1. The maximum atomic E-state index is 11.7. The molecule has 2 rings (SSSR count). The molecule has 6 N–H and O–H groups in total. The average molecular weight is 428 g/mol. The molecule has 17 heteroatoms. The molecule has 0 amide bonds. The number of ether oxygens (including phenoxy) is 1. The van der Waals surface area contributed by atoms with Gasteiger partial charge in [-0.1, -0.05) is 0 Å². The molecular weight excluding hydrogens is 413 g/mol. The first-order chi connectivity index (χ1) is 11.4. The van der Waals surface area contributed by atoms with Crippen molar-refractivity contribution in [3.63, 3.8) is 0 Å². The Balaban J connectivity index is 0.00000338. The Hall–Kier alpha value is -0.180. The number of phosphoric ester groups is 1. The van der Waals surface area contributed by atoms with Crippen molar-refractivity contribution in [2.24, 2.45) is 0 Å². The van der Waals surface area contributed by atoms with Crippen molar-refractivity contribution in [3.8, 4) is 0 Å². The Kier molecular flexibility index (Phi) is 8.15. The van der Waals surface area contributed by atoms with E-state index in [1.807, 2.05) is 4.98 Å². The summed E-state index contributed by atoms with van der Waals surface area (Å²) in [5.41, 5.74) is -1.65. The molecule has 14 nitrogen and oxygen atoms in total. The van der Waals surface area contributed by atoms with Crippen molar-refractivity contribution in [1.82, 2.24) is 9.55 Å². The summed E-state index contributed by atoms with van der Waals surface area (Å²) in [5.74, 6) is 0. The van der Waals surface area contributed by atoms with Gasteiger partial charge in [-0.2, -0.15) is 4.31 Å². The number of phosphoric acid groups is 2. The monoisotopic (exact) mass is 428 g/mol. The third-order valence-corrected chi connectivity index (χ3v) is 5.23. The quantitative estimate of drug-likeness (QED) is 0.194. The first-order valence-corrected chi connectivity index (χ1v) is 9.49. The zero-order chi connectivity index (χ0) is 19.0. The Morgan fingerprint density at radius 2 is 1.81 bits per heavy atom. The van der Waals surface area contributed by atoms with Gasteiger partial charge in [0.15, 0.2) is 6.23 Å². The summed E-state index contributed by atoms with van der Waals surface area (Å²) in [4.78, 5) is 50.7. The van der Waals surface area contributed by atoms with Crippen molar-refractivity contribution in [3.05, 3.63) is 33.1 Å². The molecule has 0 bridgehead atoms. The number of nitrogens with zero attached hydrogens (tertiary/aromatic N) is 1. The van der Waals surface area contributed by atoms with E-state index in [0.717, 1.165) is 16.8 Å². The van der Waals surface area contributed by atoms with Crippen LogP contribution < -0.4 is 11.2 Å². The number of aliphatic hydroxyl groups is 2. The van der Waals surface area contributed by atoms with Crippen LogP contribution in [0, 0.1) is 0 Å². The van der Waals surface area contributed by atoms with Gasteiger partial charge in [-0.15, -0.1) is 0 Å². The Morgan fingerprint density at radius 3 is 2.35 bits per heavy atom. The van der Waals surface area contributed by atoms with E-state index < -0.39 is 58.0 Å². The maximum absolute atomic E-state index is 11.7. The van der Waals surface area contributed by atoms with Crippen LogP contribution in [0.2, 0.25) is 0 Å². The van der Waals surface area contributed by atoms with E-state index in [2.05, 4.69) is 8.83 Å². The van der Waals surface area contributed by atoms with Gasteiger partial charge in [0.05, 0.1) is 6.61 Å². The molecule has 2 heterocycles. The SMILES string of the molecule is O=c1ccn([C@H]2O[C@@H](COP(=O)(O)OP(=O)(O)O)C(O)C2O)c(=O)[nH]1.[NaH]. The second kappa shape index (κ2) is 8.88. The van der Waals surface area contributed by atoms with Gasteiger partial charge in [-0.3, -0.25) is 18.9 Å². The zero-order valence-corrected chi connectivity index (χ0v) is 13.9. The molecule has 1 aromatic rings. The summed E-state index contributed by atoms with van der Waals surface area (Å²) in [7, 11) is -10.5. The van der Waals surface area contributed by atoms with E-state index in [1.54, 1.807) is 0 Å². The fourth-order valence-corrected chi connectivity index (χ4v) is 3.65. The standard InChI is InChI=1S/C9H14N2O12P2.Na.H/c12-5-1-2-11(9(15)10-5)8-7(14)6(13)4(22-8)3-21-25(19,20)23-24(16,17)18;;/h1-2,4,6-8,13-14H,3H2,(H,19,20)(H,10,12,15)(H2,16,17,18);;/t4-,6?,7?,8-;;/m0../s1. The molecule has 144 valence electrons. The van der Waals surface area contributed by atoms with Crippen LogP contribution in [0.3, 0.4) is 0 Å². The van der Waals surface area contributed by atoms with Crippen molar-refractivity contribution in [2.75, 3.05) is 6.61 Å². The predicted octanol–water partition coefficient (Wildman–Crippen LogP) is -3.27. The van der Waals surface area contributed by atoms with E-state index in [-0.39, 0.29) is 29.6 Å². The van der Waals surface area contributed by atoms with Crippen molar-refractivity contribution in [2.45, 2.75) is 24.5 Å². The van der Waals surface area contributed by atoms with E-state index in [0.29, 0.717) is 0 Å². The Morgan fingerprint density at radius 1 is 1.19 bits per heavy atom. The van der Waals surface area contributed by atoms with E-state index in [1.165, 1.54) is 0 Å². The third kappa shape index (κ3) is 6.17. The Labute approximate surface area is 166 Å². The molecule has 0 saturated carbocycles. The van der Waals surface area contributed by atoms with Gasteiger partial charge in [0, 0.05) is 12.3 Å². The fourth-order valence-electron chi connectivity index (χ4n) is 2.05. The van der Waals surface area contributed by atoms with Gasteiger partial charge in [0.25, 0.3) is 5.56 Å². The van der Waals surface area contributed by atoms with Crippen molar-refractivity contribution in [1.29, 1.82) is 0 Å². The number of hydrogen-bond acceptors (Lipinski definition) is 9. The summed E-state index contributed by atoms with van der Waals surface area (Å²) in [6, 6.07) is 0.962. The number of nitrogens with one attached hydrogen (secondary N) is 1. The van der Waals surface area contributed by atoms with Crippen LogP contribution in [0.15, 0.2) is 21.9 Å². The molecule has 3 unspecified atom stereocenters. The second-order valence-electron chi connectivity index (χ2n) is 4.90. The van der Waals surface area contributed by atoms with Crippen LogP contribution in [0.4, 0.5) is 0 Å². The molecule has 0 aliphatic carbocycles. The molecule has 26 heavy (non-hydrogen) atoms. The van der Waals surface area contributed by atoms with Crippen LogP contribution in [-0.2, 0) is 22.7 Å². The van der Waals surface area contributed by atoms with Gasteiger partial charge < -0.3 is 29.6 Å². The van der Waals surface area contributed by atoms with Crippen LogP contribution in [0.25, 0.3) is 0 Å². The first-order valence-electron chi connectivity index (χ1n) is 6.47. The fraction of sp³-hybridized carbons (Fsp3) is 0.556. The first kappa shape index (κ1) is 23.9. The van der Waals surface area contributed by atoms with Gasteiger partial charge >= 0.3 is 50.9 Å². The molecule has 1 aromatic heterocycles. The van der Waals surface area contributed by atoms with Gasteiger partial charge in [0.2, 0.25) is 0 Å². The molecule has 0 radical (unpaired) electrons. The Bertz CT molecular complexity index is 834. The van der Waals surface area contributed by atoms with E-state index in [4.69, 9.17) is 19.4 Å². The predicted molar refractivity (Wildman–Crippen MR) is 83.3 cm³/mol. The van der Waals surface area contributed by atoms with E-state index >= 15 is 0 Å². The number of aliphatic hydroxyl groups excluding tert-OH is 2. The molecular formula is C9H15N2NaO12P2. The van der Waals surface area contributed by atoms with Crippen LogP contribution in [0.5, 0.6) is 0 Å². The zero-order valence-electron chi connectivity index (χ0n) is 12.1. The molecule has 1 saturated heterocycles. The minimum atomic E-state index is -5.32. The number of aromatic nitrogens is 2. The number of rotatable bonds is 6. The summed E-state index contributed by atoms with van der Waals surface area (Å²) >= 11 is 0. The van der Waals surface area contributed by atoms with Crippen LogP contribution >= 0.6 is 15.6 Å². The summed E-state index contributed by atoms with van der Waals surface area (Å²) in [6.07, 6.45) is -5.25. The van der Waals surface area contributed by atoms with Crippen LogP contribution in [-0.4, -0.2) is 88.9 Å². The molecule has 1 aliphatic rings. The van der Waals surface area contributed by atoms with Crippen molar-refractivity contribution >= 4 is 45.2 Å². The molecule has 0 aromatic carbocycles. The molecule has 1 fully saturated rings. The third-order valence-electron chi connectivity index (χ3n) is 3.07. The summed E-state index contributed by atoms with van der Waals surface area (Å²) < 4.78 is 35.6. The topological polar surface area (TPSA) is 218 Å². The molecule has 0 spiro atoms. The normalized spacial score (nSPS) is 28.3. The number of hydrogen-bond donors (Lipinski definition) is 6. The van der Waals surface area contributed by atoms with Gasteiger partial charge in [-0.05, 0) is 0 Å².